The van der Waals surface area contributed by atoms with E-state index in [1.54, 1.807) is 6.07 Å². The van der Waals surface area contributed by atoms with Gasteiger partial charge in [-0.3, -0.25) is 0 Å². The molecule has 0 radical (unpaired) electrons. The molecular weight excluding hydrogens is 256 g/mol. The fraction of sp³-hybridized carbons (Fsp3) is 0.0625. The van der Waals surface area contributed by atoms with Crippen molar-refractivity contribution in [2.24, 2.45) is 0 Å². The number of phenolic OH excluding ortho intramolecular Hbond substituents is 1. The molecule has 20 heavy (non-hydrogen) atoms. The average molecular weight is 270 g/mol. The van der Waals surface area contributed by atoms with E-state index in [4.69, 9.17) is 9.84 Å². The Morgan fingerprint density at radius 3 is 2.60 bits per heavy atom. The van der Waals surface area contributed by atoms with Gasteiger partial charge >= 0.3 is 5.97 Å². The Hall–Kier alpha value is -2.75. The Labute approximate surface area is 116 Å². The van der Waals surface area contributed by atoms with Crippen molar-refractivity contribution in [1.82, 2.24) is 0 Å². The predicted octanol–water partition coefficient (Wildman–Crippen LogP) is 3.07. The molecule has 2 N–H and O–H groups in total. The number of benzene rings is 2. The van der Waals surface area contributed by atoms with E-state index in [0.717, 1.165) is 11.6 Å². The van der Waals surface area contributed by atoms with Crippen molar-refractivity contribution in [3.8, 4) is 11.5 Å². The summed E-state index contributed by atoms with van der Waals surface area (Å²) in [6.45, 7) is 0.345. The van der Waals surface area contributed by atoms with Crippen LogP contribution >= 0.6 is 0 Å². The van der Waals surface area contributed by atoms with Gasteiger partial charge in [0.1, 0.15) is 18.1 Å². The molecule has 0 amide bonds. The van der Waals surface area contributed by atoms with Crippen LogP contribution in [0.3, 0.4) is 0 Å². The molecule has 0 fully saturated rings. The lowest BCUT2D eigenvalue weighted by Gasteiger charge is -2.09. The van der Waals surface area contributed by atoms with Gasteiger partial charge in [-0.15, -0.1) is 0 Å². The highest BCUT2D eigenvalue weighted by Crippen LogP contribution is 2.26. The lowest BCUT2D eigenvalue weighted by Crippen LogP contribution is -1.97. The third-order valence-electron chi connectivity index (χ3n) is 2.64. The Kier molecular flexibility index (Phi) is 4.39. The van der Waals surface area contributed by atoms with Gasteiger partial charge in [-0.25, -0.2) is 4.79 Å². The Bertz CT molecular complexity index is 618. The zero-order valence-electron chi connectivity index (χ0n) is 10.7. The number of ether oxygens (including phenoxy) is 1. The van der Waals surface area contributed by atoms with Gasteiger partial charge < -0.3 is 14.9 Å². The number of phenols is 1. The number of aromatic hydroxyl groups is 1. The first kappa shape index (κ1) is 13.7. The number of carboxylic acids is 1. The minimum atomic E-state index is -1.04. The van der Waals surface area contributed by atoms with Gasteiger partial charge in [-0.2, -0.15) is 0 Å². The lowest BCUT2D eigenvalue weighted by atomic mass is 10.1. The molecular formula is C16H14O4. The molecule has 2 aromatic carbocycles. The summed E-state index contributed by atoms with van der Waals surface area (Å²) in [7, 11) is 0. The van der Waals surface area contributed by atoms with Crippen LogP contribution in [-0.4, -0.2) is 16.2 Å². The smallest absolute Gasteiger partial charge is 0.328 e. The minimum absolute atomic E-state index is 0.0699. The topological polar surface area (TPSA) is 66.8 Å². The van der Waals surface area contributed by atoms with E-state index in [-0.39, 0.29) is 5.75 Å². The molecule has 0 saturated heterocycles. The quantitative estimate of drug-likeness (QED) is 0.819. The average Bonchev–Trinajstić information content (AvgIpc) is 2.45. The first-order chi connectivity index (χ1) is 9.65. The lowest BCUT2D eigenvalue weighted by molar-refractivity contribution is -0.131. The van der Waals surface area contributed by atoms with Crippen LogP contribution in [0.25, 0.3) is 6.08 Å². The van der Waals surface area contributed by atoms with E-state index in [0.29, 0.717) is 17.9 Å². The standard InChI is InChI=1S/C16H14O4/c17-14-8-6-13(7-9-16(18)19)15(10-14)20-11-12-4-2-1-3-5-12/h1-10,17H,11H2,(H,18,19)/b9-7+. The van der Waals surface area contributed by atoms with E-state index >= 15 is 0 Å². The summed E-state index contributed by atoms with van der Waals surface area (Å²) in [5, 5.41) is 18.1. The summed E-state index contributed by atoms with van der Waals surface area (Å²) in [5.41, 5.74) is 1.59. The largest absolute Gasteiger partial charge is 0.508 e. The Morgan fingerprint density at radius 2 is 1.90 bits per heavy atom. The molecule has 4 nitrogen and oxygen atoms in total. The monoisotopic (exact) mass is 270 g/mol. The number of rotatable bonds is 5. The molecule has 0 saturated carbocycles. The van der Waals surface area contributed by atoms with E-state index < -0.39 is 5.97 Å². The van der Waals surface area contributed by atoms with E-state index in [1.807, 2.05) is 30.3 Å². The second-order valence-corrected chi connectivity index (χ2v) is 4.17. The summed E-state index contributed by atoms with van der Waals surface area (Å²) in [6.07, 6.45) is 2.46. The number of aliphatic carboxylic acids is 1. The molecule has 0 aliphatic carbocycles. The summed E-state index contributed by atoms with van der Waals surface area (Å²) in [5.74, 6) is -0.529. The maximum atomic E-state index is 10.6. The Balaban J connectivity index is 2.17. The van der Waals surface area contributed by atoms with Crippen molar-refractivity contribution in [2.45, 2.75) is 6.61 Å². The van der Waals surface area contributed by atoms with Crippen LogP contribution in [0, 0.1) is 0 Å². The van der Waals surface area contributed by atoms with Gasteiger partial charge in [-0.05, 0) is 23.8 Å². The van der Waals surface area contributed by atoms with Gasteiger partial charge in [0.05, 0.1) is 0 Å². The maximum Gasteiger partial charge on any atom is 0.328 e. The third kappa shape index (κ3) is 3.88. The summed E-state index contributed by atoms with van der Waals surface area (Å²) < 4.78 is 5.63. The van der Waals surface area contributed by atoms with Crippen LogP contribution in [0.15, 0.2) is 54.6 Å². The molecule has 0 atom stereocenters. The van der Waals surface area contributed by atoms with Crippen LogP contribution in [0.4, 0.5) is 0 Å². The minimum Gasteiger partial charge on any atom is -0.508 e. The second kappa shape index (κ2) is 6.43. The third-order valence-corrected chi connectivity index (χ3v) is 2.64. The van der Waals surface area contributed by atoms with E-state index in [9.17, 15) is 9.90 Å². The number of carboxylic acid groups (broad SMARTS) is 1. The van der Waals surface area contributed by atoms with Crippen molar-refractivity contribution in [2.75, 3.05) is 0 Å². The molecule has 0 aromatic heterocycles. The van der Waals surface area contributed by atoms with Gasteiger partial charge in [0.15, 0.2) is 0 Å². The summed E-state index contributed by atoms with van der Waals surface area (Å²) in [4.78, 5) is 10.6. The van der Waals surface area contributed by atoms with Crippen LogP contribution in [0.1, 0.15) is 11.1 Å². The van der Waals surface area contributed by atoms with Crippen LogP contribution in [-0.2, 0) is 11.4 Å². The van der Waals surface area contributed by atoms with Crippen molar-refractivity contribution in [3.05, 3.63) is 65.7 Å². The molecule has 0 aliphatic heterocycles. The van der Waals surface area contributed by atoms with Crippen LogP contribution in [0.5, 0.6) is 11.5 Å². The summed E-state index contributed by atoms with van der Waals surface area (Å²) in [6, 6.07) is 14.1. The molecule has 2 rings (SSSR count). The van der Waals surface area contributed by atoms with Crippen molar-refractivity contribution < 1.29 is 19.7 Å². The molecule has 0 aliphatic rings. The first-order valence-electron chi connectivity index (χ1n) is 6.06. The van der Waals surface area contributed by atoms with Crippen molar-refractivity contribution in [3.63, 3.8) is 0 Å². The number of hydrogen-bond donors (Lipinski definition) is 2. The predicted molar refractivity (Wildman–Crippen MR) is 75.6 cm³/mol. The second-order valence-electron chi connectivity index (χ2n) is 4.17. The zero-order valence-corrected chi connectivity index (χ0v) is 10.7. The van der Waals surface area contributed by atoms with E-state index in [2.05, 4.69) is 0 Å². The van der Waals surface area contributed by atoms with Crippen LogP contribution < -0.4 is 4.74 Å². The number of carbonyl (C=O) groups is 1. The SMILES string of the molecule is O=C(O)/C=C/c1ccc(O)cc1OCc1ccccc1. The van der Waals surface area contributed by atoms with Gasteiger partial charge in [0, 0.05) is 17.7 Å². The normalized spacial score (nSPS) is 10.6. The van der Waals surface area contributed by atoms with Crippen LogP contribution in [0.2, 0.25) is 0 Å². The molecule has 0 unspecified atom stereocenters. The van der Waals surface area contributed by atoms with Crippen molar-refractivity contribution >= 4 is 12.0 Å². The fourth-order valence-electron chi connectivity index (χ4n) is 1.68. The maximum absolute atomic E-state index is 10.6. The molecule has 2 aromatic rings. The van der Waals surface area contributed by atoms with Gasteiger partial charge in [0.2, 0.25) is 0 Å². The molecule has 4 heteroatoms. The Morgan fingerprint density at radius 1 is 1.15 bits per heavy atom. The highest BCUT2D eigenvalue weighted by atomic mass is 16.5. The van der Waals surface area contributed by atoms with Gasteiger partial charge in [0.25, 0.3) is 0 Å². The van der Waals surface area contributed by atoms with E-state index in [1.165, 1.54) is 18.2 Å². The molecule has 0 bridgehead atoms. The highest BCUT2D eigenvalue weighted by Gasteiger charge is 2.04. The van der Waals surface area contributed by atoms with Crippen molar-refractivity contribution in [1.29, 1.82) is 0 Å². The first-order valence-corrected chi connectivity index (χ1v) is 6.06. The highest BCUT2D eigenvalue weighted by molar-refractivity contribution is 5.86. The fourth-order valence-corrected chi connectivity index (χ4v) is 1.68. The molecule has 0 heterocycles. The molecule has 102 valence electrons. The summed E-state index contributed by atoms with van der Waals surface area (Å²) >= 11 is 0. The van der Waals surface area contributed by atoms with Gasteiger partial charge in [-0.1, -0.05) is 30.3 Å². The number of hydrogen-bond acceptors (Lipinski definition) is 3. The zero-order chi connectivity index (χ0) is 14.4. The molecule has 0 spiro atoms.